The van der Waals surface area contributed by atoms with Gasteiger partial charge in [-0.3, -0.25) is 0 Å². The van der Waals surface area contributed by atoms with Gasteiger partial charge >= 0.3 is 0 Å². The number of aromatic amines is 1. The topological polar surface area (TPSA) is 83.5 Å². The summed E-state index contributed by atoms with van der Waals surface area (Å²) in [5.74, 6) is 0.708. The number of rotatable bonds is 5. The van der Waals surface area contributed by atoms with E-state index in [9.17, 15) is 0 Å². The van der Waals surface area contributed by atoms with Crippen molar-refractivity contribution >= 4 is 16.9 Å². The Morgan fingerprint density at radius 1 is 1.32 bits per heavy atom. The summed E-state index contributed by atoms with van der Waals surface area (Å²) in [7, 11) is 0. The van der Waals surface area contributed by atoms with Crippen molar-refractivity contribution < 1.29 is 0 Å². The zero-order valence-electron chi connectivity index (χ0n) is 14.7. The van der Waals surface area contributed by atoms with Crippen LogP contribution in [-0.2, 0) is 6.42 Å². The molecule has 0 radical (unpaired) electrons. The van der Waals surface area contributed by atoms with Crippen molar-refractivity contribution in [1.82, 2.24) is 30.5 Å². The number of benzene rings is 1. The number of H-pyrrole nitrogens is 1. The molecule has 25 heavy (non-hydrogen) atoms. The van der Waals surface area contributed by atoms with E-state index in [1.807, 2.05) is 4.68 Å². The maximum atomic E-state index is 4.09. The van der Waals surface area contributed by atoms with Gasteiger partial charge in [0.25, 0.3) is 0 Å². The van der Waals surface area contributed by atoms with Crippen LogP contribution in [0.2, 0.25) is 0 Å². The number of allylic oxidation sites excluding steroid dienone is 1. The van der Waals surface area contributed by atoms with E-state index in [1.54, 1.807) is 0 Å². The minimum atomic E-state index is 0.141. The van der Waals surface area contributed by atoms with Crippen molar-refractivity contribution in [3.8, 4) is 0 Å². The van der Waals surface area contributed by atoms with Crippen molar-refractivity contribution in [2.24, 2.45) is 0 Å². The third-order valence-electron chi connectivity index (χ3n) is 5.03. The molecule has 0 spiro atoms. The molecular weight excluding hydrogens is 314 g/mol. The van der Waals surface area contributed by atoms with E-state index in [0.29, 0.717) is 5.95 Å². The summed E-state index contributed by atoms with van der Waals surface area (Å²) in [6, 6.07) is 8.81. The summed E-state index contributed by atoms with van der Waals surface area (Å²) in [4.78, 5) is 3.34. The maximum absolute atomic E-state index is 4.09. The summed E-state index contributed by atoms with van der Waals surface area (Å²) < 4.78 is 1.83. The lowest BCUT2D eigenvalue weighted by Gasteiger charge is -2.30. The predicted octanol–water partition coefficient (Wildman–Crippen LogP) is 2.64. The van der Waals surface area contributed by atoms with Crippen LogP contribution in [0, 0.1) is 0 Å². The predicted molar refractivity (Wildman–Crippen MR) is 98.3 cm³/mol. The number of para-hydroxylation sites is 1. The van der Waals surface area contributed by atoms with Crippen molar-refractivity contribution in [2.45, 2.75) is 39.3 Å². The van der Waals surface area contributed by atoms with Gasteiger partial charge in [0.2, 0.25) is 5.95 Å². The summed E-state index contributed by atoms with van der Waals surface area (Å²) in [5.41, 5.74) is 4.96. The van der Waals surface area contributed by atoms with Crippen LogP contribution in [0.1, 0.15) is 32.4 Å². The Balaban J connectivity index is 1.43. The zero-order chi connectivity index (χ0) is 17.4. The van der Waals surface area contributed by atoms with E-state index in [0.717, 1.165) is 18.7 Å². The minimum absolute atomic E-state index is 0.141. The summed E-state index contributed by atoms with van der Waals surface area (Å²) in [6.45, 7) is 7.33. The van der Waals surface area contributed by atoms with Crippen molar-refractivity contribution in [2.75, 3.05) is 11.9 Å². The average molecular weight is 337 g/mol. The molecular formula is C18H23N7. The normalized spacial score (nSPS) is 18.3. The molecule has 1 aromatic carbocycles. The second-order valence-corrected chi connectivity index (χ2v) is 6.61. The summed E-state index contributed by atoms with van der Waals surface area (Å²) in [6.07, 6.45) is 3.10. The second kappa shape index (κ2) is 6.33. The van der Waals surface area contributed by atoms with E-state index in [1.165, 1.54) is 22.0 Å². The van der Waals surface area contributed by atoms with Gasteiger partial charge in [0.1, 0.15) is 0 Å². The molecule has 1 aliphatic rings. The fourth-order valence-electron chi connectivity index (χ4n) is 3.78. The third kappa shape index (κ3) is 2.80. The number of tetrazole rings is 1. The van der Waals surface area contributed by atoms with E-state index in [2.05, 4.69) is 82.4 Å². The van der Waals surface area contributed by atoms with Gasteiger partial charge < -0.3 is 15.6 Å². The van der Waals surface area contributed by atoms with Gasteiger partial charge in [-0.2, -0.15) is 0 Å². The van der Waals surface area contributed by atoms with Gasteiger partial charge in [0.15, 0.2) is 0 Å². The smallest absolute Gasteiger partial charge is 0.247 e. The molecule has 4 rings (SSSR count). The van der Waals surface area contributed by atoms with Crippen LogP contribution in [0.3, 0.4) is 0 Å². The Hall–Kier alpha value is -2.67. The third-order valence-corrected chi connectivity index (χ3v) is 5.03. The van der Waals surface area contributed by atoms with Crippen molar-refractivity contribution in [1.29, 1.82) is 0 Å². The molecule has 0 bridgehead atoms. The van der Waals surface area contributed by atoms with E-state index >= 15 is 0 Å². The highest BCUT2D eigenvalue weighted by Gasteiger charge is 2.27. The van der Waals surface area contributed by atoms with Crippen LogP contribution >= 0.6 is 0 Å². The number of nitrogens with zero attached hydrogens (tertiary/aromatic N) is 4. The van der Waals surface area contributed by atoms with Gasteiger partial charge in [0, 0.05) is 28.8 Å². The van der Waals surface area contributed by atoms with E-state index < -0.39 is 0 Å². The first-order valence-corrected chi connectivity index (χ1v) is 8.69. The summed E-state index contributed by atoms with van der Waals surface area (Å²) >= 11 is 0. The van der Waals surface area contributed by atoms with E-state index in [4.69, 9.17) is 0 Å². The van der Waals surface area contributed by atoms with Crippen molar-refractivity contribution in [3.05, 3.63) is 47.3 Å². The molecule has 3 N–H and O–H groups in total. The lowest BCUT2D eigenvalue weighted by molar-refractivity contribution is 0.470. The Morgan fingerprint density at radius 2 is 2.16 bits per heavy atom. The van der Waals surface area contributed by atoms with Gasteiger partial charge in [0.05, 0.1) is 6.04 Å². The fourth-order valence-corrected chi connectivity index (χ4v) is 3.78. The monoisotopic (exact) mass is 337 g/mol. The molecule has 0 saturated carbocycles. The van der Waals surface area contributed by atoms with Crippen LogP contribution in [0.15, 0.2) is 41.7 Å². The second-order valence-electron chi connectivity index (χ2n) is 6.61. The van der Waals surface area contributed by atoms with Crippen LogP contribution in [0.5, 0.6) is 0 Å². The fraction of sp³-hybridized carbons (Fsp3) is 0.389. The highest BCUT2D eigenvalue weighted by molar-refractivity contribution is 5.83. The molecule has 2 atom stereocenters. The Labute approximate surface area is 146 Å². The van der Waals surface area contributed by atoms with Gasteiger partial charge in [-0.25, -0.2) is 4.68 Å². The molecule has 130 valence electrons. The van der Waals surface area contributed by atoms with Crippen LogP contribution in [0.4, 0.5) is 5.95 Å². The number of fused-ring (bicyclic) bond motifs is 2. The minimum Gasteiger partial charge on any atom is -0.361 e. The standard InChI is InChI=1S/C18H23N7/c1-11(17-12(2)21-18-22-23-24-25(18)13(17)3)19-9-8-14-10-20-16-7-5-4-6-15(14)16/h4-7,10-11,13,19-20H,8-9H2,1-3H3,(H,21,22,24). The molecule has 7 heteroatoms. The van der Waals surface area contributed by atoms with Gasteiger partial charge in [-0.15, -0.1) is 0 Å². The van der Waals surface area contributed by atoms with Gasteiger partial charge in [-0.05, 0) is 61.4 Å². The Kier molecular flexibility index (Phi) is 4.01. The average Bonchev–Trinajstić information content (AvgIpc) is 3.22. The first-order valence-electron chi connectivity index (χ1n) is 8.69. The van der Waals surface area contributed by atoms with Gasteiger partial charge in [-0.1, -0.05) is 23.3 Å². The largest absolute Gasteiger partial charge is 0.361 e. The molecule has 3 aromatic rings. The number of nitrogens with one attached hydrogen (secondary N) is 3. The maximum Gasteiger partial charge on any atom is 0.247 e. The SMILES string of the molecule is CC1=C(C(C)NCCc2c[nH]c3ccccc23)C(C)n2nnnc2N1. The molecule has 0 amide bonds. The molecule has 7 nitrogen and oxygen atoms in total. The lowest BCUT2D eigenvalue weighted by Crippen LogP contribution is -2.36. The molecule has 1 aliphatic heterocycles. The lowest BCUT2D eigenvalue weighted by atomic mass is 9.97. The van der Waals surface area contributed by atoms with Crippen LogP contribution in [-0.4, -0.2) is 37.8 Å². The van der Waals surface area contributed by atoms with Crippen LogP contribution < -0.4 is 10.6 Å². The number of hydrogen-bond donors (Lipinski definition) is 3. The molecule has 3 heterocycles. The molecule has 0 aliphatic carbocycles. The van der Waals surface area contributed by atoms with E-state index in [-0.39, 0.29) is 12.1 Å². The summed E-state index contributed by atoms with van der Waals surface area (Å²) in [5, 5.41) is 20.1. The first-order chi connectivity index (χ1) is 12.1. The highest BCUT2D eigenvalue weighted by atomic mass is 15.6. The van der Waals surface area contributed by atoms with Crippen LogP contribution in [0.25, 0.3) is 10.9 Å². The number of anilines is 1. The van der Waals surface area contributed by atoms with Crippen molar-refractivity contribution in [3.63, 3.8) is 0 Å². The quantitative estimate of drug-likeness (QED) is 0.666. The molecule has 2 unspecified atom stereocenters. The molecule has 2 aromatic heterocycles. The number of aromatic nitrogens is 5. The zero-order valence-corrected chi connectivity index (χ0v) is 14.7. The molecule has 0 saturated heterocycles. The molecule has 0 fully saturated rings. The Morgan fingerprint density at radius 3 is 3.04 bits per heavy atom. The first kappa shape index (κ1) is 15.8. The Bertz CT molecular complexity index is 920. The number of hydrogen-bond acceptors (Lipinski definition) is 5. The highest BCUT2D eigenvalue weighted by Crippen LogP contribution is 2.30.